The Balaban J connectivity index is 4.26. The molecular weight excluding hydrogens is 238 g/mol. The molecule has 1 atom stereocenters. The van der Waals surface area contributed by atoms with Gasteiger partial charge in [0.2, 0.25) is 5.91 Å². The lowest BCUT2D eigenvalue weighted by atomic mass is 9.93. The first-order valence-electron chi connectivity index (χ1n) is 5.77. The standard InChI is InChI=1S/C11H21N3O4/c1-4-5-7(8(15)16)14-10(18)13-6-11(2,3)9(12)17/h7H,4-6H2,1-3H3,(H2,12,17)(H,15,16)(H2,13,14,18). The molecule has 0 fully saturated rings. The van der Waals surface area contributed by atoms with Gasteiger partial charge in [-0.3, -0.25) is 4.79 Å². The van der Waals surface area contributed by atoms with Gasteiger partial charge in [-0.15, -0.1) is 0 Å². The van der Waals surface area contributed by atoms with E-state index in [1.54, 1.807) is 13.8 Å². The monoisotopic (exact) mass is 259 g/mol. The molecular formula is C11H21N3O4. The van der Waals surface area contributed by atoms with Crippen LogP contribution in [0.3, 0.4) is 0 Å². The number of carbonyl (C=O) groups is 3. The maximum absolute atomic E-state index is 11.5. The summed E-state index contributed by atoms with van der Waals surface area (Å²) in [5, 5.41) is 13.6. The van der Waals surface area contributed by atoms with Crippen LogP contribution >= 0.6 is 0 Å². The van der Waals surface area contributed by atoms with Gasteiger partial charge >= 0.3 is 12.0 Å². The molecule has 0 aromatic carbocycles. The maximum Gasteiger partial charge on any atom is 0.326 e. The molecule has 18 heavy (non-hydrogen) atoms. The van der Waals surface area contributed by atoms with Crippen molar-refractivity contribution in [1.82, 2.24) is 10.6 Å². The fourth-order valence-electron chi connectivity index (χ4n) is 1.14. The smallest absolute Gasteiger partial charge is 0.326 e. The number of urea groups is 1. The third-order valence-electron chi connectivity index (χ3n) is 2.54. The highest BCUT2D eigenvalue weighted by Gasteiger charge is 2.26. The largest absolute Gasteiger partial charge is 0.480 e. The fourth-order valence-corrected chi connectivity index (χ4v) is 1.14. The number of nitrogens with two attached hydrogens (primary N) is 1. The van der Waals surface area contributed by atoms with Crippen LogP contribution in [0, 0.1) is 5.41 Å². The van der Waals surface area contributed by atoms with Gasteiger partial charge in [0, 0.05) is 6.54 Å². The molecule has 0 aliphatic carbocycles. The van der Waals surface area contributed by atoms with Gasteiger partial charge in [0.25, 0.3) is 0 Å². The predicted molar refractivity (Wildman–Crippen MR) is 65.8 cm³/mol. The van der Waals surface area contributed by atoms with Crippen molar-refractivity contribution in [3.63, 3.8) is 0 Å². The minimum atomic E-state index is -1.08. The molecule has 0 heterocycles. The van der Waals surface area contributed by atoms with Crippen molar-refractivity contribution >= 4 is 17.9 Å². The summed E-state index contributed by atoms with van der Waals surface area (Å²) < 4.78 is 0. The quantitative estimate of drug-likeness (QED) is 0.516. The molecule has 3 amide bonds. The minimum absolute atomic E-state index is 0.0482. The molecule has 104 valence electrons. The van der Waals surface area contributed by atoms with E-state index in [0.717, 1.165) is 0 Å². The van der Waals surface area contributed by atoms with Crippen molar-refractivity contribution in [2.45, 2.75) is 39.7 Å². The Hall–Kier alpha value is -1.79. The molecule has 0 aromatic rings. The zero-order valence-corrected chi connectivity index (χ0v) is 10.9. The molecule has 0 aliphatic heterocycles. The number of carbonyl (C=O) groups excluding carboxylic acids is 2. The number of carboxylic acid groups (broad SMARTS) is 1. The first-order valence-corrected chi connectivity index (χ1v) is 5.77. The van der Waals surface area contributed by atoms with Crippen LogP contribution in [0.2, 0.25) is 0 Å². The third-order valence-corrected chi connectivity index (χ3v) is 2.54. The Labute approximate surface area is 106 Å². The van der Waals surface area contributed by atoms with Crippen LogP contribution in [0.5, 0.6) is 0 Å². The molecule has 0 aromatic heterocycles. The molecule has 0 saturated heterocycles. The number of rotatable bonds is 7. The Morgan fingerprint density at radius 2 is 1.89 bits per heavy atom. The number of nitrogens with one attached hydrogen (secondary N) is 2. The van der Waals surface area contributed by atoms with Gasteiger partial charge in [0.15, 0.2) is 0 Å². The van der Waals surface area contributed by atoms with Crippen LogP contribution in [0.4, 0.5) is 4.79 Å². The van der Waals surface area contributed by atoms with Gasteiger partial charge in [-0.05, 0) is 20.3 Å². The van der Waals surface area contributed by atoms with E-state index in [-0.39, 0.29) is 6.54 Å². The van der Waals surface area contributed by atoms with E-state index >= 15 is 0 Å². The summed E-state index contributed by atoms with van der Waals surface area (Å²) in [7, 11) is 0. The third kappa shape index (κ3) is 5.51. The van der Waals surface area contributed by atoms with Crippen molar-refractivity contribution in [3.05, 3.63) is 0 Å². The Morgan fingerprint density at radius 3 is 2.28 bits per heavy atom. The van der Waals surface area contributed by atoms with E-state index in [4.69, 9.17) is 10.8 Å². The highest BCUT2D eigenvalue weighted by atomic mass is 16.4. The van der Waals surface area contributed by atoms with Gasteiger partial charge in [0.1, 0.15) is 6.04 Å². The lowest BCUT2D eigenvalue weighted by Crippen LogP contribution is -2.50. The average molecular weight is 259 g/mol. The van der Waals surface area contributed by atoms with Gasteiger partial charge < -0.3 is 21.5 Å². The van der Waals surface area contributed by atoms with Gasteiger partial charge in [-0.1, -0.05) is 13.3 Å². The van der Waals surface area contributed by atoms with E-state index in [1.807, 2.05) is 6.92 Å². The van der Waals surface area contributed by atoms with E-state index < -0.39 is 29.4 Å². The molecule has 7 heteroatoms. The van der Waals surface area contributed by atoms with Crippen molar-refractivity contribution in [1.29, 1.82) is 0 Å². The Morgan fingerprint density at radius 1 is 1.33 bits per heavy atom. The number of aliphatic carboxylic acids is 1. The van der Waals surface area contributed by atoms with Crippen LogP contribution < -0.4 is 16.4 Å². The molecule has 0 radical (unpaired) electrons. The second-order valence-corrected chi connectivity index (χ2v) is 4.75. The molecule has 7 nitrogen and oxygen atoms in total. The summed E-state index contributed by atoms with van der Waals surface area (Å²) in [6, 6.07) is -1.54. The SMILES string of the molecule is CCCC(NC(=O)NCC(C)(C)C(N)=O)C(=O)O. The van der Waals surface area contributed by atoms with Crippen LogP contribution in [0.15, 0.2) is 0 Å². The predicted octanol–water partition coefficient (Wildman–Crippen LogP) is 0.0504. The summed E-state index contributed by atoms with van der Waals surface area (Å²) in [6.45, 7) is 5.06. The van der Waals surface area contributed by atoms with Crippen molar-refractivity contribution in [2.75, 3.05) is 6.54 Å². The first-order chi connectivity index (χ1) is 8.20. The summed E-state index contributed by atoms with van der Waals surface area (Å²) in [5.41, 5.74) is 4.27. The molecule has 0 saturated carbocycles. The van der Waals surface area contributed by atoms with Gasteiger partial charge in [-0.25, -0.2) is 9.59 Å². The van der Waals surface area contributed by atoms with E-state index in [2.05, 4.69) is 10.6 Å². The summed E-state index contributed by atoms with van der Waals surface area (Å²) in [5.74, 6) is -1.62. The van der Waals surface area contributed by atoms with E-state index in [9.17, 15) is 14.4 Å². The van der Waals surface area contributed by atoms with Crippen LogP contribution in [-0.2, 0) is 9.59 Å². The highest BCUT2D eigenvalue weighted by molar-refractivity contribution is 5.84. The number of carboxylic acids is 1. The van der Waals surface area contributed by atoms with Crippen molar-refractivity contribution in [3.8, 4) is 0 Å². The zero-order valence-electron chi connectivity index (χ0n) is 10.9. The van der Waals surface area contributed by atoms with Crippen molar-refractivity contribution in [2.24, 2.45) is 11.1 Å². The number of primary amides is 1. The van der Waals surface area contributed by atoms with Gasteiger partial charge in [0.05, 0.1) is 5.41 Å². The normalized spacial score (nSPS) is 12.6. The second kappa shape index (κ2) is 6.83. The first kappa shape index (κ1) is 16.2. The van der Waals surface area contributed by atoms with E-state index in [0.29, 0.717) is 12.8 Å². The lowest BCUT2D eigenvalue weighted by Gasteiger charge is -2.21. The molecule has 0 aliphatic rings. The summed E-state index contributed by atoms with van der Waals surface area (Å²) in [6.07, 6.45) is 0.992. The van der Waals surface area contributed by atoms with Crippen molar-refractivity contribution < 1.29 is 19.5 Å². The minimum Gasteiger partial charge on any atom is -0.480 e. The number of amides is 3. The molecule has 1 unspecified atom stereocenters. The number of hydrogen-bond donors (Lipinski definition) is 4. The Kier molecular flexibility index (Phi) is 6.15. The fraction of sp³-hybridized carbons (Fsp3) is 0.727. The zero-order chi connectivity index (χ0) is 14.3. The van der Waals surface area contributed by atoms with Crippen LogP contribution in [0.1, 0.15) is 33.6 Å². The lowest BCUT2D eigenvalue weighted by molar-refractivity contribution is -0.139. The molecule has 5 N–H and O–H groups in total. The van der Waals surface area contributed by atoms with Crippen LogP contribution in [0.25, 0.3) is 0 Å². The Bertz CT molecular complexity index is 328. The highest BCUT2D eigenvalue weighted by Crippen LogP contribution is 2.11. The molecule has 0 bridgehead atoms. The molecule has 0 rings (SSSR count). The average Bonchev–Trinajstić information content (AvgIpc) is 2.25. The van der Waals surface area contributed by atoms with Crippen LogP contribution in [-0.4, -0.2) is 35.6 Å². The molecule has 0 spiro atoms. The van der Waals surface area contributed by atoms with E-state index in [1.165, 1.54) is 0 Å². The number of hydrogen-bond acceptors (Lipinski definition) is 3. The summed E-state index contributed by atoms with van der Waals surface area (Å²) in [4.78, 5) is 33.3. The second-order valence-electron chi connectivity index (χ2n) is 4.75. The topological polar surface area (TPSA) is 122 Å². The van der Waals surface area contributed by atoms with Gasteiger partial charge in [-0.2, -0.15) is 0 Å². The maximum atomic E-state index is 11.5. The summed E-state index contributed by atoms with van der Waals surface area (Å²) >= 11 is 0.